The number of thiocarbonyl (C=S) groups is 1. The number of ether oxygens (including phenoxy) is 1. The average Bonchev–Trinajstić information content (AvgIpc) is 3.52. The zero-order valence-electron chi connectivity index (χ0n) is 18.4. The first-order valence-electron chi connectivity index (χ1n) is 10.4. The molecule has 3 heterocycles. The van der Waals surface area contributed by atoms with Crippen LogP contribution in [-0.2, 0) is 0 Å². The summed E-state index contributed by atoms with van der Waals surface area (Å²) in [5.74, 6) is 1.79. The standard InChI is InChI=1S/C25H22N4O2S2/c1-15-9-11-17(12-10-15)22-21(24-27-23(28-31-24)20-8-5-13-33-20)16(2)29(25(32)26-22)18-6-4-7-19(14-18)30-3/h4-14,22H,1-3H3,(H,26,32). The number of anilines is 1. The quantitative estimate of drug-likeness (QED) is 0.357. The van der Waals surface area contributed by atoms with Crippen LogP contribution in [0.5, 0.6) is 5.75 Å². The van der Waals surface area contributed by atoms with Gasteiger partial charge in [-0.05, 0) is 55.2 Å². The number of benzene rings is 2. The molecule has 0 radical (unpaired) electrons. The van der Waals surface area contributed by atoms with Gasteiger partial charge in [-0.2, -0.15) is 4.98 Å². The lowest BCUT2D eigenvalue weighted by Gasteiger charge is -2.37. The molecule has 1 unspecified atom stereocenters. The first kappa shape index (κ1) is 21.4. The molecule has 5 rings (SSSR count). The summed E-state index contributed by atoms with van der Waals surface area (Å²) in [7, 11) is 1.65. The number of nitrogens with zero attached hydrogens (tertiary/aromatic N) is 3. The molecule has 0 bridgehead atoms. The van der Waals surface area contributed by atoms with Crippen molar-refractivity contribution in [1.29, 1.82) is 0 Å². The van der Waals surface area contributed by atoms with Gasteiger partial charge in [-0.3, -0.25) is 4.90 Å². The monoisotopic (exact) mass is 474 g/mol. The molecule has 8 heteroatoms. The molecule has 0 aliphatic carbocycles. The van der Waals surface area contributed by atoms with Gasteiger partial charge in [0.15, 0.2) is 5.11 Å². The lowest BCUT2D eigenvalue weighted by molar-refractivity contribution is 0.404. The molecule has 2 aromatic carbocycles. The van der Waals surface area contributed by atoms with E-state index in [2.05, 4.69) is 41.7 Å². The highest BCUT2D eigenvalue weighted by Gasteiger charge is 2.35. The van der Waals surface area contributed by atoms with Gasteiger partial charge in [0, 0.05) is 11.8 Å². The second-order valence-electron chi connectivity index (χ2n) is 7.73. The van der Waals surface area contributed by atoms with Gasteiger partial charge in [-0.25, -0.2) is 0 Å². The molecule has 0 saturated carbocycles. The van der Waals surface area contributed by atoms with E-state index < -0.39 is 0 Å². The molecule has 4 aromatic rings. The Labute approximate surface area is 201 Å². The number of hydrogen-bond acceptors (Lipinski definition) is 6. The smallest absolute Gasteiger partial charge is 0.258 e. The number of thiophene rings is 1. The number of nitrogens with one attached hydrogen (secondary N) is 1. The zero-order chi connectivity index (χ0) is 22.9. The van der Waals surface area contributed by atoms with Gasteiger partial charge in [0.2, 0.25) is 5.82 Å². The number of rotatable bonds is 5. The molecule has 2 aromatic heterocycles. The SMILES string of the molecule is COc1cccc(N2C(=S)NC(c3ccc(C)cc3)C(c3nc(-c4cccs4)no3)=C2C)c1. The minimum Gasteiger partial charge on any atom is -0.497 e. The van der Waals surface area contributed by atoms with Gasteiger partial charge in [-0.15, -0.1) is 11.3 Å². The lowest BCUT2D eigenvalue weighted by Crippen LogP contribution is -2.46. The first-order valence-corrected chi connectivity index (χ1v) is 11.7. The van der Waals surface area contributed by atoms with E-state index in [1.165, 1.54) is 5.56 Å². The van der Waals surface area contributed by atoms with E-state index in [1.54, 1.807) is 18.4 Å². The van der Waals surface area contributed by atoms with Gasteiger partial charge < -0.3 is 14.6 Å². The van der Waals surface area contributed by atoms with Crippen molar-refractivity contribution in [3.8, 4) is 16.5 Å². The third kappa shape index (κ3) is 4.03. The van der Waals surface area contributed by atoms with Crippen molar-refractivity contribution in [2.45, 2.75) is 19.9 Å². The molecule has 1 aliphatic rings. The second-order valence-corrected chi connectivity index (χ2v) is 9.06. The summed E-state index contributed by atoms with van der Waals surface area (Å²) < 4.78 is 11.2. The highest BCUT2D eigenvalue weighted by Crippen LogP contribution is 2.40. The maximum Gasteiger partial charge on any atom is 0.258 e. The fourth-order valence-electron chi connectivity index (χ4n) is 3.93. The average molecular weight is 475 g/mol. The maximum atomic E-state index is 5.82. The van der Waals surface area contributed by atoms with Gasteiger partial charge in [0.25, 0.3) is 5.89 Å². The van der Waals surface area contributed by atoms with Crippen molar-refractivity contribution in [3.05, 3.63) is 88.8 Å². The molecule has 0 saturated heterocycles. The minimum atomic E-state index is -0.225. The highest BCUT2D eigenvalue weighted by molar-refractivity contribution is 7.80. The van der Waals surface area contributed by atoms with Crippen molar-refractivity contribution in [2.24, 2.45) is 0 Å². The third-order valence-corrected chi connectivity index (χ3v) is 6.77. The molecule has 6 nitrogen and oxygen atoms in total. The molecule has 1 atom stereocenters. The Morgan fingerprint density at radius 3 is 2.64 bits per heavy atom. The normalized spacial score (nSPS) is 16.2. The molecule has 166 valence electrons. The van der Waals surface area contributed by atoms with Crippen molar-refractivity contribution >= 4 is 39.9 Å². The van der Waals surface area contributed by atoms with Crippen LogP contribution in [0.3, 0.4) is 0 Å². The van der Waals surface area contributed by atoms with E-state index in [1.807, 2.05) is 53.6 Å². The van der Waals surface area contributed by atoms with Crippen LogP contribution in [-0.4, -0.2) is 22.4 Å². The molecular formula is C25H22N4O2S2. The molecule has 0 spiro atoms. The fraction of sp³-hybridized carbons (Fsp3) is 0.160. The Hall–Kier alpha value is -3.49. The van der Waals surface area contributed by atoms with Gasteiger partial charge in [0.1, 0.15) is 5.75 Å². The summed E-state index contributed by atoms with van der Waals surface area (Å²) in [5, 5.41) is 10.3. The Bertz CT molecular complexity index is 1330. The zero-order valence-corrected chi connectivity index (χ0v) is 20.0. The number of aryl methyl sites for hydroxylation is 1. The van der Waals surface area contributed by atoms with E-state index in [9.17, 15) is 0 Å². The molecule has 0 fully saturated rings. The third-order valence-electron chi connectivity index (χ3n) is 5.60. The summed E-state index contributed by atoms with van der Waals surface area (Å²) >= 11 is 7.39. The van der Waals surface area contributed by atoms with E-state index in [4.69, 9.17) is 26.5 Å². The summed E-state index contributed by atoms with van der Waals surface area (Å²) in [6.07, 6.45) is 0. The summed E-state index contributed by atoms with van der Waals surface area (Å²) in [4.78, 5) is 7.68. The molecule has 1 aliphatic heterocycles. The summed E-state index contributed by atoms with van der Waals surface area (Å²) in [5.41, 5.74) is 4.94. The van der Waals surface area contributed by atoms with E-state index in [0.717, 1.165) is 33.1 Å². The number of hydrogen-bond donors (Lipinski definition) is 1. The van der Waals surface area contributed by atoms with Crippen molar-refractivity contribution in [2.75, 3.05) is 12.0 Å². The highest BCUT2D eigenvalue weighted by atomic mass is 32.1. The number of allylic oxidation sites excluding steroid dienone is 1. The van der Waals surface area contributed by atoms with Gasteiger partial charge >= 0.3 is 0 Å². The van der Waals surface area contributed by atoms with E-state index in [0.29, 0.717) is 16.8 Å². The van der Waals surface area contributed by atoms with Crippen LogP contribution in [0.4, 0.5) is 5.69 Å². The molecule has 33 heavy (non-hydrogen) atoms. The Balaban J connectivity index is 1.66. The minimum absolute atomic E-state index is 0.225. The maximum absolute atomic E-state index is 5.82. The van der Waals surface area contributed by atoms with Crippen LogP contribution in [0.1, 0.15) is 30.0 Å². The van der Waals surface area contributed by atoms with E-state index >= 15 is 0 Å². The fourth-order valence-corrected chi connectivity index (χ4v) is 4.94. The van der Waals surface area contributed by atoms with Crippen molar-refractivity contribution < 1.29 is 9.26 Å². The molecule has 0 amide bonds. The predicted molar refractivity (Wildman–Crippen MR) is 135 cm³/mol. The van der Waals surface area contributed by atoms with E-state index in [-0.39, 0.29) is 6.04 Å². The largest absolute Gasteiger partial charge is 0.497 e. The number of methoxy groups -OCH3 is 1. The van der Waals surface area contributed by atoms with Crippen LogP contribution in [0.15, 0.2) is 76.3 Å². The summed E-state index contributed by atoms with van der Waals surface area (Å²) in [6.45, 7) is 4.10. The second kappa shape index (κ2) is 8.80. The Morgan fingerprint density at radius 1 is 1.09 bits per heavy atom. The van der Waals surface area contributed by atoms with Crippen LogP contribution in [0.25, 0.3) is 16.3 Å². The van der Waals surface area contributed by atoms with Crippen molar-refractivity contribution in [3.63, 3.8) is 0 Å². The van der Waals surface area contributed by atoms with Crippen LogP contribution < -0.4 is 15.0 Å². The lowest BCUT2D eigenvalue weighted by atomic mass is 9.94. The topological polar surface area (TPSA) is 63.4 Å². The Kier molecular flexibility index (Phi) is 5.70. The van der Waals surface area contributed by atoms with Gasteiger partial charge in [-0.1, -0.05) is 47.1 Å². The van der Waals surface area contributed by atoms with Crippen molar-refractivity contribution in [1.82, 2.24) is 15.5 Å². The number of aromatic nitrogens is 2. The van der Waals surface area contributed by atoms with Crippen LogP contribution in [0, 0.1) is 6.92 Å². The van der Waals surface area contributed by atoms with Gasteiger partial charge in [0.05, 0.1) is 29.3 Å². The molecule has 1 N–H and O–H groups in total. The van der Waals surface area contributed by atoms with Crippen LogP contribution >= 0.6 is 23.6 Å². The predicted octanol–water partition coefficient (Wildman–Crippen LogP) is 5.98. The summed E-state index contributed by atoms with van der Waals surface area (Å²) in [6, 6.07) is 19.9. The van der Waals surface area contributed by atoms with Crippen LogP contribution in [0.2, 0.25) is 0 Å². The Morgan fingerprint density at radius 2 is 1.91 bits per heavy atom. The molecular weight excluding hydrogens is 452 g/mol. The first-order chi connectivity index (χ1) is 16.0.